The van der Waals surface area contributed by atoms with Crippen LogP contribution in [-0.2, 0) is 27.9 Å². The van der Waals surface area contributed by atoms with E-state index >= 15 is 0 Å². The molecule has 3 unspecified atom stereocenters. The second kappa shape index (κ2) is 51.0. The van der Waals surface area contributed by atoms with E-state index in [1.54, 1.807) is 0 Å². The summed E-state index contributed by atoms with van der Waals surface area (Å²) in [7, 11) is 1.16. The van der Waals surface area contributed by atoms with E-state index < -0.39 is 26.6 Å². The van der Waals surface area contributed by atoms with Gasteiger partial charge in [0.15, 0.2) is 0 Å². The zero-order valence-electron chi connectivity index (χ0n) is 46.9. The lowest BCUT2D eigenvalue weighted by molar-refractivity contribution is -0.870. The van der Waals surface area contributed by atoms with Gasteiger partial charge in [-0.1, -0.05) is 216 Å². The Kier molecular flexibility index (Phi) is 49.1. The van der Waals surface area contributed by atoms with Crippen molar-refractivity contribution in [2.24, 2.45) is 0 Å². The molecule has 10 heteroatoms. The number of hydrogen-bond donors (Lipinski definition) is 1. The number of amides is 1. The monoisotopic (exact) mass is 1010 g/mol. The first-order chi connectivity index (χ1) is 34.4. The number of esters is 1. The highest BCUT2D eigenvalue weighted by Crippen LogP contribution is 2.38. The third-order valence-corrected chi connectivity index (χ3v) is 13.6. The number of hydrogen-bond acceptors (Lipinski definition) is 7. The molecule has 0 fully saturated rings. The molecule has 0 aliphatic carbocycles. The molecule has 412 valence electrons. The molecule has 0 aromatic carbocycles. The molecule has 0 bridgehead atoms. The van der Waals surface area contributed by atoms with Crippen LogP contribution in [0.5, 0.6) is 0 Å². The van der Waals surface area contributed by atoms with E-state index in [1.165, 1.54) is 103 Å². The van der Waals surface area contributed by atoms with Crippen LogP contribution < -0.4 is 10.2 Å². The van der Waals surface area contributed by atoms with E-state index in [0.717, 1.165) is 109 Å². The highest BCUT2D eigenvalue weighted by molar-refractivity contribution is 7.45. The minimum Gasteiger partial charge on any atom is -0.756 e. The van der Waals surface area contributed by atoms with Gasteiger partial charge < -0.3 is 28.5 Å². The molecule has 0 spiro atoms. The fourth-order valence-corrected chi connectivity index (χ4v) is 8.77. The molecule has 0 saturated heterocycles. The lowest BCUT2D eigenvalue weighted by atomic mass is 10.0. The van der Waals surface area contributed by atoms with Gasteiger partial charge in [-0.15, -0.1) is 0 Å². The predicted octanol–water partition coefficient (Wildman–Crippen LogP) is 17.0. The normalized spacial score (nSPS) is 14.3. The van der Waals surface area contributed by atoms with Crippen LogP contribution in [0.25, 0.3) is 0 Å². The summed E-state index contributed by atoms with van der Waals surface area (Å²) < 4.78 is 30.2. The maximum atomic E-state index is 13.5. The molecular formula is C61H111N2O7P. The molecular weight excluding hydrogens is 904 g/mol. The summed E-state index contributed by atoms with van der Waals surface area (Å²) >= 11 is 0. The Bertz CT molecular complexity index is 1450. The van der Waals surface area contributed by atoms with Crippen LogP contribution in [0.4, 0.5) is 0 Å². The van der Waals surface area contributed by atoms with E-state index in [2.05, 4.69) is 86.8 Å². The van der Waals surface area contributed by atoms with Gasteiger partial charge in [-0.3, -0.25) is 14.2 Å². The van der Waals surface area contributed by atoms with Crippen molar-refractivity contribution in [3.63, 3.8) is 0 Å². The van der Waals surface area contributed by atoms with Crippen LogP contribution in [-0.4, -0.2) is 69.4 Å². The Morgan fingerprint density at radius 2 is 0.901 bits per heavy atom. The molecule has 0 aromatic heterocycles. The highest BCUT2D eigenvalue weighted by atomic mass is 31.2. The van der Waals surface area contributed by atoms with Crippen molar-refractivity contribution < 1.29 is 37.3 Å². The maximum Gasteiger partial charge on any atom is 0.306 e. The molecule has 0 aromatic rings. The van der Waals surface area contributed by atoms with Crippen molar-refractivity contribution in [1.82, 2.24) is 5.32 Å². The van der Waals surface area contributed by atoms with Gasteiger partial charge in [0.2, 0.25) is 5.91 Å². The predicted molar refractivity (Wildman–Crippen MR) is 302 cm³/mol. The first-order valence-corrected chi connectivity index (χ1v) is 30.7. The minimum absolute atomic E-state index is 0.0309. The first-order valence-electron chi connectivity index (χ1n) is 29.3. The van der Waals surface area contributed by atoms with E-state index in [9.17, 15) is 19.0 Å². The quantitative estimate of drug-likeness (QED) is 0.0161. The lowest BCUT2D eigenvalue weighted by Gasteiger charge is -2.30. The topological polar surface area (TPSA) is 114 Å². The van der Waals surface area contributed by atoms with E-state index in [1.807, 2.05) is 33.3 Å². The third-order valence-electron chi connectivity index (χ3n) is 12.6. The van der Waals surface area contributed by atoms with E-state index in [4.69, 9.17) is 13.8 Å². The fourth-order valence-electron chi connectivity index (χ4n) is 8.05. The SMILES string of the molecule is CCCCC/C=C\C/C=C\C/C=C\CCCCCCC(=O)OC(/C=C/CCCCCCCCCCCCC)C(COP(=O)([O-])OCC[N+](C)(C)C)NC(=O)CCCCCCCC/C=C/C=C/CCCCC. The molecule has 0 saturated carbocycles. The number of rotatable bonds is 52. The second-order valence-electron chi connectivity index (χ2n) is 20.8. The molecule has 0 aliphatic rings. The molecule has 3 atom stereocenters. The van der Waals surface area contributed by atoms with E-state index in [0.29, 0.717) is 23.9 Å². The lowest BCUT2D eigenvalue weighted by Crippen LogP contribution is -2.47. The van der Waals surface area contributed by atoms with Gasteiger partial charge in [0.1, 0.15) is 19.3 Å². The molecule has 1 amide bonds. The standard InChI is InChI=1S/C61H111N2O7P/c1-7-10-13-16-19-22-25-28-30-31-33-36-39-42-45-48-51-54-61(65)70-59(52-49-46-43-40-37-34-27-24-21-18-15-12-9-3)58(57-69-71(66,67)68-56-55-63(4,5)6)62-60(64)53-50-47-44-41-38-35-32-29-26-23-20-17-14-11-8-2/h19-20,22-23,26,28-30,33,36,49,52,58-59H,7-18,21,24-25,27,31-32,34-35,37-48,50-51,53-57H2,1-6H3,(H-,62,64,66,67)/b22-19-,23-20+,29-26+,30-28-,36-33-,52-49+. The second-order valence-corrected chi connectivity index (χ2v) is 22.2. The van der Waals surface area contributed by atoms with Crippen molar-refractivity contribution in [2.45, 2.75) is 264 Å². The van der Waals surface area contributed by atoms with Gasteiger partial charge >= 0.3 is 5.97 Å². The van der Waals surface area contributed by atoms with Crippen molar-refractivity contribution >= 4 is 19.7 Å². The Labute approximate surface area is 438 Å². The van der Waals surface area contributed by atoms with Crippen molar-refractivity contribution in [3.05, 3.63) is 72.9 Å². The van der Waals surface area contributed by atoms with Gasteiger partial charge in [0, 0.05) is 12.8 Å². The van der Waals surface area contributed by atoms with Gasteiger partial charge in [-0.2, -0.15) is 0 Å². The zero-order valence-corrected chi connectivity index (χ0v) is 47.8. The third kappa shape index (κ3) is 52.1. The summed E-state index contributed by atoms with van der Waals surface area (Å²) in [5.74, 6) is -0.580. The number of unbranched alkanes of at least 4 members (excludes halogenated alkanes) is 27. The number of phosphoric acid groups is 1. The van der Waals surface area contributed by atoms with Crippen LogP contribution in [0.1, 0.15) is 252 Å². The molecule has 0 radical (unpaired) electrons. The highest BCUT2D eigenvalue weighted by Gasteiger charge is 2.27. The molecule has 71 heavy (non-hydrogen) atoms. The zero-order chi connectivity index (χ0) is 52.2. The number of allylic oxidation sites excluding steroid dienone is 11. The summed E-state index contributed by atoms with van der Waals surface area (Å²) in [6.07, 6.45) is 64.3. The minimum atomic E-state index is -4.71. The molecule has 0 rings (SSSR count). The number of ether oxygens (including phenoxy) is 1. The molecule has 1 N–H and O–H groups in total. The van der Waals surface area contributed by atoms with Gasteiger partial charge in [0.05, 0.1) is 33.8 Å². The number of likely N-dealkylation sites (N-methyl/N-ethyl adjacent to an activating group) is 1. The summed E-state index contributed by atoms with van der Waals surface area (Å²) in [6.45, 7) is 6.76. The summed E-state index contributed by atoms with van der Waals surface area (Å²) in [6, 6.07) is -0.905. The van der Waals surface area contributed by atoms with Crippen molar-refractivity contribution in [1.29, 1.82) is 0 Å². The number of nitrogens with one attached hydrogen (secondary N) is 1. The Morgan fingerprint density at radius 1 is 0.507 bits per heavy atom. The van der Waals surface area contributed by atoms with Crippen LogP contribution in [0.15, 0.2) is 72.9 Å². The number of nitrogens with zero attached hydrogens (tertiary/aromatic N) is 1. The van der Waals surface area contributed by atoms with E-state index in [-0.39, 0.29) is 24.9 Å². The van der Waals surface area contributed by atoms with Crippen LogP contribution in [0.3, 0.4) is 0 Å². The van der Waals surface area contributed by atoms with Crippen molar-refractivity contribution in [2.75, 3.05) is 40.9 Å². The Balaban J connectivity index is 5.43. The van der Waals surface area contributed by atoms with Gasteiger partial charge in [0.25, 0.3) is 7.82 Å². The first kappa shape index (κ1) is 68.5. The summed E-state index contributed by atoms with van der Waals surface area (Å²) in [4.78, 5) is 39.9. The molecule has 0 aliphatic heterocycles. The average Bonchev–Trinajstić information content (AvgIpc) is 3.33. The Morgan fingerprint density at radius 3 is 1.39 bits per heavy atom. The average molecular weight is 1020 g/mol. The fraction of sp³-hybridized carbons (Fsp3) is 0.770. The molecule has 9 nitrogen and oxygen atoms in total. The molecule has 0 heterocycles. The maximum absolute atomic E-state index is 13.5. The van der Waals surface area contributed by atoms with Gasteiger partial charge in [-0.05, 0) is 96.0 Å². The number of carbonyl (C=O) groups excluding carboxylic acids is 2. The summed E-state index contributed by atoms with van der Waals surface area (Å²) in [5, 5.41) is 3.01. The number of carbonyl (C=O) groups is 2. The van der Waals surface area contributed by atoms with Crippen LogP contribution in [0, 0.1) is 0 Å². The number of quaternary nitrogens is 1. The van der Waals surface area contributed by atoms with Crippen LogP contribution >= 0.6 is 7.82 Å². The Hall–Kier alpha value is -2.55. The largest absolute Gasteiger partial charge is 0.756 e. The van der Waals surface area contributed by atoms with Gasteiger partial charge in [-0.25, -0.2) is 0 Å². The van der Waals surface area contributed by atoms with Crippen LogP contribution in [0.2, 0.25) is 0 Å². The summed E-state index contributed by atoms with van der Waals surface area (Å²) in [5.41, 5.74) is 0. The van der Waals surface area contributed by atoms with Crippen molar-refractivity contribution in [3.8, 4) is 0 Å². The number of phosphoric ester groups is 1. The smallest absolute Gasteiger partial charge is 0.306 e.